The van der Waals surface area contributed by atoms with E-state index in [-0.39, 0.29) is 0 Å². The van der Waals surface area contributed by atoms with Gasteiger partial charge in [-0.2, -0.15) is 0 Å². The van der Waals surface area contributed by atoms with Crippen LogP contribution in [0.4, 0.5) is 0 Å². The number of nitrogens with one attached hydrogen (secondary N) is 2. The monoisotopic (exact) mass is 156 g/mol. The van der Waals surface area contributed by atoms with E-state index in [9.17, 15) is 0 Å². The predicted octanol–water partition coefficient (Wildman–Crippen LogP) is 0.984. The van der Waals surface area contributed by atoms with E-state index in [2.05, 4.69) is 24.5 Å². The zero-order valence-electron chi connectivity index (χ0n) is 7.69. The highest BCUT2D eigenvalue weighted by molar-refractivity contribution is 4.79. The minimum absolute atomic E-state index is 0.699. The fourth-order valence-corrected chi connectivity index (χ4v) is 1.64. The van der Waals surface area contributed by atoms with Crippen LogP contribution in [0.1, 0.15) is 26.7 Å². The zero-order valence-corrected chi connectivity index (χ0v) is 7.69. The summed E-state index contributed by atoms with van der Waals surface area (Å²) in [4.78, 5) is 0. The normalized spacial score (nSPS) is 27.3. The van der Waals surface area contributed by atoms with Crippen molar-refractivity contribution in [2.45, 2.75) is 32.7 Å². The second-order valence-corrected chi connectivity index (χ2v) is 3.50. The van der Waals surface area contributed by atoms with Crippen molar-refractivity contribution in [1.82, 2.24) is 10.6 Å². The summed E-state index contributed by atoms with van der Waals surface area (Å²) in [5.74, 6) is 0.863. The summed E-state index contributed by atoms with van der Waals surface area (Å²) >= 11 is 0. The standard InChI is InChI=1S/C9H20N2/c1-3-5-11-8(2)9-4-6-10-7-9/h8-11H,3-7H2,1-2H3. The van der Waals surface area contributed by atoms with Crippen LogP contribution < -0.4 is 10.6 Å². The van der Waals surface area contributed by atoms with Crippen molar-refractivity contribution in [2.24, 2.45) is 5.92 Å². The summed E-state index contributed by atoms with van der Waals surface area (Å²) in [5.41, 5.74) is 0. The molecule has 1 saturated heterocycles. The minimum atomic E-state index is 0.699. The topological polar surface area (TPSA) is 24.1 Å². The minimum Gasteiger partial charge on any atom is -0.316 e. The maximum atomic E-state index is 3.53. The van der Waals surface area contributed by atoms with Gasteiger partial charge in [0, 0.05) is 6.04 Å². The molecule has 2 unspecified atom stereocenters. The predicted molar refractivity (Wildman–Crippen MR) is 48.7 cm³/mol. The van der Waals surface area contributed by atoms with Crippen molar-refractivity contribution >= 4 is 0 Å². The van der Waals surface area contributed by atoms with E-state index in [0.717, 1.165) is 12.5 Å². The average Bonchev–Trinajstić information content (AvgIpc) is 2.52. The smallest absolute Gasteiger partial charge is 0.00795 e. The fraction of sp³-hybridized carbons (Fsp3) is 1.00. The van der Waals surface area contributed by atoms with Gasteiger partial charge in [0.15, 0.2) is 0 Å². The van der Waals surface area contributed by atoms with Gasteiger partial charge in [-0.1, -0.05) is 6.92 Å². The highest BCUT2D eigenvalue weighted by Gasteiger charge is 2.19. The van der Waals surface area contributed by atoms with Crippen molar-refractivity contribution < 1.29 is 0 Å². The molecule has 11 heavy (non-hydrogen) atoms. The van der Waals surface area contributed by atoms with E-state index >= 15 is 0 Å². The Morgan fingerprint density at radius 2 is 2.45 bits per heavy atom. The van der Waals surface area contributed by atoms with Gasteiger partial charge in [0.25, 0.3) is 0 Å². The van der Waals surface area contributed by atoms with Crippen LogP contribution >= 0.6 is 0 Å². The first-order chi connectivity index (χ1) is 5.34. The maximum Gasteiger partial charge on any atom is 0.00795 e. The molecular formula is C9H20N2. The highest BCUT2D eigenvalue weighted by atomic mass is 15.0. The molecule has 0 aromatic rings. The van der Waals surface area contributed by atoms with Crippen LogP contribution in [0.25, 0.3) is 0 Å². The molecule has 0 bridgehead atoms. The molecule has 2 heteroatoms. The lowest BCUT2D eigenvalue weighted by Crippen LogP contribution is -2.35. The molecule has 1 aliphatic heterocycles. The molecule has 0 spiro atoms. The third-order valence-electron chi connectivity index (χ3n) is 2.52. The van der Waals surface area contributed by atoms with Crippen LogP contribution in [0.2, 0.25) is 0 Å². The largest absolute Gasteiger partial charge is 0.316 e. The molecule has 0 saturated carbocycles. The first-order valence-electron chi connectivity index (χ1n) is 4.78. The van der Waals surface area contributed by atoms with Gasteiger partial charge in [-0.25, -0.2) is 0 Å². The molecule has 1 fully saturated rings. The molecule has 66 valence electrons. The van der Waals surface area contributed by atoms with E-state index in [1.807, 2.05) is 0 Å². The summed E-state index contributed by atoms with van der Waals surface area (Å²) in [6.07, 6.45) is 2.59. The van der Waals surface area contributed by atoms with E-state index in [1.54, 1.807) is 0 Å². The third-order valence-corrected chi connectivity index (χ3v) is 2.52. The second-order valence-electron chi connectivity index (χ2n) is 3.50. The summed E-state index contributed by atoms with van der Waals surface area (Å²) in [7, 11) is 0. The Kier molecular flexibility index (Phi) is 3.87. The Balaban J connectivity index is 2.12. The van der Waals surface area contributed by atoms with Gasteiger partial charge in [0.05, 0.1) is 0 Å². The summed E-state index contributed by atoms with van der Waals surface area (Å²) < 4.78 is 0. The van der Waals surface area contributed by atoms with Gasteiger partial charge < -0.3 is 10.6 Å². The molecule has 0 aromatic carbocycles. The van der Waals surface area contributed by atoms with Gasteiger partial charge >= 0.3 is 0 Å². The van der Waals surface area contributed by atoms with Crippen LogP contribution in [0, 0.1) is 5.92 Å². The molecule has 0 amide bonds. The molecule has 0 radical (unpaired) electrons. The molecule has 2 N–H and O–H groups in total. The van der Waals surface area contributed by atoms with Crippen LogP contribution in [0.5, 0.6) is 0 Å². The summed E-state index contributed by atoms with van der Waals surface area (Å²) in [6.45, 7) is 8.10. The first kappa shape index (κ1) is 9.01. The van der Waals surface area contributed by atoms with Crippen molar-refractivity contribution in [2.75, 3.05) is 19.6 Å². The quantitative estimate of drug-likeness (QED) is 0.634. The van der Waals surface area contributed by atoms with Gasteiger partial charge in [0.1, 0.15) is 0 Å². The van der Waals surface area contributed by atoms with Gasteiger partial charge in [-0.05, 0) is 45.3 Å². The van der Waals surface area contributed by atoms with Crippen LogP contribution in [-0.2, 0) is 0 Å². The molecule has 0 aliphatic carbocycles. The SMILES string of the molecule is CCCNC(C)C1CCNC1. The van der Waals surface area contributed by atoms with E-state index in [0.29, 0.717) is 6.04 Å². The Hall–Kier alpha value is -0.0800. The van der Waals surface area contributed by atoms with Crippen molar-refractivity contribution in [3.05, 3.63) is 0 Å². The Morgan fingerprint density at radius 3 is 3.00 bits per heavy atom. The van der Waals surface area contributed by atoms with E-state index in [4.69, 9.17) is 0 Å². The second kappa shape index (κ2) is 4.73. The van der Waals surface area contributed by atoms with E-state index < -0.39 is 0 Å². The van der Waals surface area contributed by atoms with Crippen molar-refractivity contribution in [3.8, 4) is 0 Å². The van der Waals surface area contributed by atoms with Gasteiger partial charge in [-0.15, -0.1) is 0 Å². The number of hydrogen-bond acceptors (Lipinski definition) is 2. The van der Waals surface area contributed by atoms with Gasteiger partial charge in [0.2, 0.25) is 0 Å². The summed E-state index contributed by atoms with van der Waals surface area (Å²) in [6, 6.07) is 0.699. The maximum absolute atomic E-state index is 3.53. The lowest BCUT2D eigenvalue weighted by molar-refractivity contribution is 0.400. The molecule has 0 aromatic heterocycles. The molecule has 1 rings (SSSR count). The summed E-state index contributed by atoms with van der Waals surface area (Å²) in [5, 5.41) is 6.92. The first-order valence-corrected chi connectivity index (χ1v) is 4.78. The lowest BCUT2D eigenvalue weighted by atomic mass is 10.0. The fourth-order valence-electron chi connectivity index (χ4n) is 1.64. The Morgan fingerprint density at radius 1 is 1.64 bits per heavy atom. The van der Waals surface area contributed by atoms with Crippen LogP contribution in [0.3, 0.4) is 0 Å². The van der Waals surface area contributed by atoms with Crippen LogP contribution in [0.15, 0.2) is 0 Å². The third kappa shape index (κ3) is 2.80. The van der Waals surface area contributed by atoms with Crippen molar-refractivity contribution in [1.29, 1.82) is 0 Å². The van der Waals surface area contributed by atoms with Gasteiger partial charge in [-0.3, -0.25) is 0 Å². The average molecular weight is 156 g/mol. The molecule has 1 heterocycles. The highest BCUT2D eigenvalue weighted by Crippen LogP contribution is 2.11. The molecule has 2 nitrogen and oxygen atoms in total. The zero-order chi connectivity index (χ0) is 8.10. The molecular weight excluding hydrogens is 136 g/mol. The van der Waals surface area contributed by atoms with Crippen molar-refractivity contribution in [3.63, 3.8) is 0 Å². The molecule has 2 atom stereocenters. The number of hydrogen-bond donors (Lipinski definition) is 2. The Labute approximate surface area is 69.8 Å². The molecule has 1 aliphatic rings. The number of rotatable bonds is 4. The lowest BCUT2D eigenvalue weighted by Gasteiger charge is -2.19. The van der Waals surface area contributed by atoms with Crippen LogP contribution in [-0.4, -0.2) is 25.7 Å². The van der Waals surface area contributed by atoms with E-state index in [1.165, 1.54) is 25.9 Å². The Bertz CT molecular complexity index is 97.7.